The van der Waals surface area contributed by atoms with Crippen LogP contribution in [0.15, 0.2) is 0 Å². The fourth-order valence-electron chi connectivity index (χ4n) is 2.23. The second-order valence-electron chi connectivity index (χ2n) is 9.34. The standard InChI is InChI=1S/C15H33N3.C4H10O.3CH4S.3Fe.Mo.Na.4S/c1-13(2,3)16-10-17(14(4,5)6)12-18(11-16)15(7,8)9;1-3-5-4-2;3*1-2;;;;;;;;;/h10-12H2,1-9H3;3-4H2,1-2H3;3*2H,1H3;;;;;;;;;/q;;;;;+2;2*+3;+2;+1;4*-2/p-3. The summed E-state index contributed by atoms with van der Waals surface area (Å²) in [6, 6.07) is 0. The SMILES string of the molecule is CC(C)(C)N1CN(C(C)(C)C)CN(C(C)(C)C)C1.CCOCC.C[S-].C[S-].C[S-].[Fe+2].[Fe+3].[Fe+3].[Mo+2].[Na+].[S-2].[S-2].[S-2].[S-2]. The molecule has 1 heterocycles. The molecule has 0 bridgehead atoms. The molecule has 0 amide bonds. The van der Waals surface area contributed by atoms with Crippen LogP contribution in [-0.2, 0) is 169 Å². The normalized spacial score (nSPS) is 12.2. The van der Waals surface area contributed by atoms with Crippen molar-refractivity contribution in [3.63, 3.8) is 0 Å². The van der Waals surface area contributed by atoms with Crippen molar-refractivity contribution in [3.8, 4) is 0 Å². The molecule has 0 aliphatic carbocycles. The third-order valence-corrected chi connectivity index (χ3v) is 4.28. The van der Waals surface area contributed by atoms with Crippen LogP contribution >= 0.6 is 0 Å². The van der Waals surface area contributed by atoms with Gasteiger partial charge in [-0.1, -0.05) is 0 Å². The molecule has 0 atom stereocenters. The minimum atomic E-state index is 0. The predicted molar refractivity (Wildman–Crippen MR) is 171 cm³/mol. The van der Waals surface area contributed by atoms with Gasteiger partial charge in [0.1, 0.15) is 0 Å². The van der Waals surface area contributed by atoms with Crippen LogP contribution in [0.4, 0.5) is 0 Å². The molecule has 38 heavy (non-hydrogen) atoms. The maximum Gasteiger partial charge on any atom is 3.00 e. The van der Waals surface area contributed by atoms with Crippen LogP contribution in [-0.4, -0.2) is 83.3 Å². The minimum Gasteiger partial charge on any atom is -2.00 e. The zero-order valence-electron chi connectivity index (χ0n) is 26.1. The summed E-state index contributed by atoms with van der Waals surface area (Å²) in [7, 11) is 0. The Bertz CT molecular complexity index is 321. The van der Waals surface area contributed by atoms with E-state index in [0.717, 1.165) is 33.2 Å². The monoisotopic (exact) mass is 887 g/mol. The van der Waals surface area contributed by atoms with Crippen molar-refractivity contribution < 1.29 is 107 Å². The quantitative estimate of drug-likeness (QED) is 0.307. The van der Waals surface area contributed by atoms with Gasteiger partial charge in [0.2, 0.25) is 0 Å². The third-order valence-electron chi connectivity index (χ3n) is 4.28. The van der Waals surface area contributed by atoms with Gasteiger partial charge in [0.25, 0.3) is 0 Å². The van der Waals surface area contributed by atoms with Crippen molar-refractivity contribution in [2.75, 3.05) is 52.0 Å². The zero-order valence-corrected chi connectivity index (χ0v) is 39.1. The second kappa shape index (κ2) is 49.4. The average molecular weight is 886 g/mol. The van der Waals surface area contributed by atoms with E-state index in [1.54, 1.807) is 18.8 Å². The molecule has 1 aliphatic heterocycles. The van der Waals surface area contributed by atoms with E-state index < -0.39 is 0 Å². The summed E-state index contributed by atoms with van der Waals surface area (Å²) in [5, 5.41) is 0. The van der Waals surface area contributed by atoms with Gasteiger partial charge in [-0.15, -0.1) is 0 Å². The van der Waals surface area contributed by atoms with Crippen LogP contribution in [0.5, 0.6) is 0 Å². The molecule has 0 spiro atoms. The van der Waals surface area contributed by atoms with Gasteiger partial charge in [0.15, 0.2) is 0 Å². The Hall–Kier alpha value is 5.54. The van der Waals surface area contributed by atoms with E-state index in [1.807, 2.05) is 13.8 Å². The van der Waals surface area contributed by atoms with Gasteiger partial charge in [-0.05, 0) is 76.2 Å². The van der Waals surface area contributed by atoms with Gasteiger partial charge in [0, 0.05) is 29.8 Å². The summed E-state index contributed by atoms with van der Waals surface area (Å²) in [4.78, 5) is 7.69. The van der Waals surface area contributed by atoms with Crippen LogP contribution < -0.4 is 29.6 Å². The molecule has 1 saturated heterocycles. The predicted octanol–water partition coefficient (Wildman–Crippen LogP) is 1.69. The topological polar surface area (TPSA) is 19.0 Å². The van der Waals surface area contributed by atoms with Crippen molar-refractivity contribution >= 4 is 91.9 Å². The number of ether oxygens (including phenoxy) is 1. The fraction of sp³-hybridized carbons (Fsp3) is 1.00. The number of hydrogen-bond donors (Lipinski definition) is 0. The molecular weight excluding hydrogens is 833 g/mol. The molecule has 0 aromatic rings. The molecule has 234 valence electrons. The summed E-state index contributed by atoms with van der Waals surface area (Å²) in [5.41, 5.74) is 0.647. The first kappa shape index (κ1) is 84.5. The van der Waals surface area contributed by atoms with E-state index in [9.17, 15) is 0 Å². The van der Waals surface area contributed by atoms with Crippen molar-refractivity contribution in [2.24, 2.45) is 0 Å². The molecule has 0 N–H and O–H groups in total. The Kier molecular flexibility index (Phi) is 110. The van der Waals surface area contributed by atoms with E-state index in [2.05, 4.69) is 115 Å². The molecule has 4 nitrogen and oxygen atoms in total. The van der Waals surface area contributed by atoms with Crippen LogP contribution in [0.25, 0.3) is 0 Å². The number of hydrogen-bond acceptors (Lipinski definition) is 7. The summed E-state index contributed by atoms with van der Waals surface area (Å²) < 4.78 is 4.83. The van der Waals surface area contributed by atoms with E-state index in [-0.39, 0.29) is 172 Å². The fourth-order valence-corrected chi connectivity index (χ4v) is 2.23. The molecule has 0 saturated carbocycles. The number of nitrogens with zero attached hydrogens (tertiary/aromatic N) is 3. The Morgan fingerprint density at radius 2 is 0.658 bits per heavy atom. The van der Waals surface area contributed by atoms with Gasteiger partial charge in [0.05, 0.1) is 20.0 Å². The van der Waals surface area contributed by atoms with Crippen molar-refractivity contribution in [2.45, 2.75) is 92.8 Å². The van der Waals surface area contributed by atoms with Crippen LogP contribution in [0.3, 0.4) is 0 Å². The second-order valence-corrected chi connectivity index (χ2v) is 9.34. The van der Waals surface area contributed by atoms with E-state index in [1.165, 1.54) is 0 Å². The largest absolute Gasteiger partial charge is 3.00 e. The van der Waals surface area contributed by atoms with Crippen LogP contribution in [0, 0.1) is 0 Å². The minimum absolute atomic E-state index is 0. The smallest absolute Gasteiger partial charge is 2.00 e. The Balaban J connectivity index is -0.0000000251. The van der Waals surface area contributed by atoms with Gasteiger partial charge in [-0.2, -0.15) is 18.8 Å². The van der Waals surface area contributed by atoms with Crippen molar-refractivity contribution in [1.82, 2.24) is 14.7 Å². The summed E-state index contributed by atoms with van der Waals surface area (Å²) >= 11 is 12.2. The van der Waals surface area contributed by atoms with E-state index in [4.69, 9.17) is 4.74 Å². The van der Waals surface area contributed by atoms with Gasteiger partial charge in [-0.3, -0.25) is 14.7 Å². The van der Waals surface area contributed by atoms with Gasteiger partial charge < -0.3 is 96.6 Å². The first-order chi connectivity index (χ1) is 13.2. The molecular formula is C22H52Fe3MoN3NaOS7. The summed E-state index contributed by atoms with van der Waals surface area (Å²) in [6.07, 6.45) is 4.75. The van der Waals surface area contributed by atoms with Crippen molar-refractivity contribution in [3.05, 3.63) is 0 Å². The molecule has 1 rings (SSSR count). The number of rotatable bonds is 2. The Labute approximate surface area is 353 Å². The van der Waals surface area contributed by atoms with Crippen LogP contribution in [0.2, 0.25) is 0 Å². The van der Waals surface area contributed by atoms with Crippen LogP contribution in [0.1, 0.15) is 76.2 Å². The molecule has 0 unspecified atom stereocenters. The first-order valence-electron chi connectivity index (χ1n) is 10.3. The molecule has 2 radical (unpaired) electrons. The summed E-state index contributed by atoms with van der Waals surface area (Å²) in [5.74, 6) is 0. The summed E-state index contributed by atoms with van der Waals surface area (Å²) in [6.45, 7) is 29.6. The first-order valence-corrected chi connectivity index (χ1v) is 12.7. The Morgan fingerprint density at radius 1 is 0.526 bits per heavy atom. The third kappa shape index (κ3) is 48.4. The van der Waals surface area contributed by atoms with E-state index in [0.29, 0.717) is 0 Å². The van der Waals surface area contributed by atoms with E-state index >= 15 is 0 Å². The Morgan fingerprint density at radius 3 is 0.711 bits per heavy atom. The molecule has 1 aliphatic rings. The maximum absolute atomic E-state index is 4.83. The molecule has 0 aromatic carbocycles. The molecule has 1 fully saturated rings. The van der Waals surface area contributed by atoms with Gasteiger partial charge in [-0.25, -0.2) is 0 Å². The average Bonchev–Trinajstić information content (AvgIpc) is 2.65. The molecule has 0 aromatic heterocycles. The zero-order chi connectivity index (χ0) is 24.5. The molecule has 16 heteroatoms. The van der Waals surface area contributed by atoms with Gasteiger partial charge >= 0.3 is 102 Å². The maximum atomic E-state index is 4.83. The van der Waals surface area contributed by atoms with Crippen molar-refractivity contribution in [1.29, 1.82) is 0 Å².